The lowest BCUT2D eigenvalue weighted by atomic mass is 9.95. The second-order valence-electron chi connectivity index (χ2n) is 12.7. The van der Waals surface area contributed by atoms with Crippen molar-refractivity contribution in [3.05, 3.63) is 58.9 Å². The maximum Gasteiger partial charge on any atom is 0.255 e. The Morgan fingerprint density at radius 2 is 1.59 bits per heavy atom. The Morgan fingerprint density at radius 1 is 0.898 bits per heavy atom. The summed E-state index contributed by atoms with van der Waals surface area (Å²) in [5.74, 6) is -3.74. The molecule has 16 heteroatoms. The number of hydrogen-bond donors (Lipinski definition) is 3. The van der Waals surface area contributed by atoms with Crippen molar-refractivity contribution in [1.29, 1.82) is 0 Å². The van der Waals surface area contributed by atoms with Gasteiger partial charge in [-0.1, -0.05) is 18.2 Å². The molecule has 2 aromatic carbocycles. The number of imide groups is 1. The highest BCUT2D eigenvalue weighted by Crippen LogP contribution is 2.32. The summed E-state index contributed by atoms with van der Waals surface area (Å²) in [4.78, 5) is 77.8. The van der Waals surface area contributed by atoms with Crippen LogP contribution in [0, 0.1) is 11.7 Å². The minimum Gasteiger partial charge on any atom is -0.376 e. The van der Waals surface area contributed by atoms with E-state index < -0.39 is 45.4 Å². The number of piperidine rings is 3. The van der Waals surface area contributed by atoms with Crippen LogP contribution < -0.4 is 16.0 Å². The van der Waals surface area contributed by atoms with E-state index in [2.05, 4.69) is 16.0 Å². The molecule has 0 aromatic heterocycles. The first-order valence-corrected chi connectivity index (χ1v) is 17.9. The summed E-state index contributed by atoms with van der Waals surface area (Å²) in [5, 5.41) is 7.98. The maximum absolute atomic E-state index is 15.3. The van der Waals surface area contributed by atoms with Gasteiger partial charge in [0.15, 0.2) is 5.82 Å². The Hall–Kier alpha value is -4.70. The molecule has 4 aliphatic heterocycles. The number of nitrogens with zero attached hydrogens (tertiary/aromatic N) is 3. The zero-order valence-corrected chi connectivity index (χ0v) is 27.5. The van der Waals surface area contributed by atoms with Crippen molar-refractivity contribution in [3.8, 4) is 0 Å². The highest BCUT2D eigenvalue weighted by Gasteiger charge is 2.40. The van der Waals surface area contributed by atoms with E-state index in [1.165, 1.54) is 27.4 Å². The van der Waals surface area contributed by atoms with Gasteiger partial charge in [0.1, 0.15) is 11.8 Å². The van der Waals surface area contributed by atoms with E-state index in [0.29, 0.717) is 42.7 Å². The molecular formula is C33H37FN6O8S. The van der Waals surface area contributed by atoms with E-state index in [1.807, 2.05) is 0 Å². The predicted molar refractivity (Wildman–Crippen MR) is 174 cm³/mol. The molecule has 4 heterocycles. The molecule has 4 aliphatic rings. The number of amides is 5. The lowest BCUT2D eigenvalue weighted by Gasteiger charge is -2.31. The molecule has 3 saturated heterocycles. The predicted octanol–water partition coefficient (Wildman–Crippen LogP) is 1.37. The molecular weight excluding hydrogens is 659 g/mol. The van der Waals surface area contributed by atoms with E-state index >= 15 is 4.39 Å². The molecule has 5 amide bonds. The molecule has 0 aliphatic carbocycles. The van der Waals surface area contributed by atoms with Gasteiger partial charge in [0.2, 0.25) is 33.7 Å². The van der Waals surface area contributed by atoms with Crippen molar-refractivity contribution in [3.63, 3.8) is 0 Å². The zero-order chi connectivity index (χ0) is 34.9. The van der Waals surface area contributed by atoms with Crippen molar-refractivity contribution in [1.82, 2.24) is 19.4 Å². The topological polar surface area (TPSA) is 182 Å². The number of sulfonamides is 1. The molecule has 0 saturated carbocycles. The van der Waals surface area contributed by atoms with E-state index in [9.17, 15) is 37.2 Å². The number of benzene rings is 2. The first kappa shape index (κ1) is 34.2. The fraction of sp³-hybridized carbons (Fsp3) is 0.455. The van der Waals surface area contributed by atoms with E-state index in [-0.39, 0.29) is 86.6 Å². The van der Waals surface area contributed by atoms with Gasteiger partial charge < -0.3 is 20.4 Å². The third-order valence-corrected chi connectivity index (χ3v) is 11.4. The number of nitrogens with one attached hydrogen (secondary N) is 3. The Labute approximate surface area is 282 Å². The van der Waals surface area contributed by atoms with Gasteiger partial charge >= 0.3 is 0 Å². The summed E-state index contributed by atoms with van der Waals surface area (Å²) in [7, 11) is -3.86. The number of hydrogen-bond acceptors (Lipinski definition) is 9. The van der Waals surface area contributed by atoms with Crippen LogP contribution in [0.2, 0.25) is 0 Å². The third-order valence-electron chi connectivity index (χ3n) is 9.58. The minimum atomic E-state index is -3.86. The van der Waals surface area contributed by atoms with Gasteiger partial charge in [0.25, 0.3) is 5.91 Å². The molecule has 0 spiro atoms. The normalized spacial score (nSPS) is 20.6. The Kier molecular flexibility index (Phi) is 9.79. The van der Waals surface area contributed by atoms with Gasteiger partial charge in [0, 0.05) is 80.3 Å². The standard InChI is InChI=1S/C33H37FN6O8S/c34-30-21(19-49(47,48)39-15-11-22(41)12-16-39)3-1-6-26(30)36-31(44)20-9-13-38(14-10-20)29(43)17-35-25-5-2-4-23-24(25)18-40(33(23)46)27-7-8-28(42)37-32(27)45/h1-6,20,27,35H,7-19H2,(H,36,44)(H,37,42,45). The molecule has 0 bridgehead atoms. The van der Waals surface area contributed by atoms with Crippen molar-refractivity contribution in [2.45, 2.75) is 56.9 Å². The van der Waals surface area contributed by atoms with E-state index in [4.69, 9.17) is 0 Å². The number of carbonyl (C=O) groups is 6. The molecule has 3 fully saturated rings. The van der Waals surface area contributed by atoms with Crippen LogP contribution in [0.3, 0.4) is 0 Å². The summed E-state index contributed by atoms with van der Waals surface area (Å²) < 4.78 is 42.2. The molecule has 2 aromatic rings. The van der Waals surface area contributed by atoms with Crippen LogP contribution in [-0.4, -0.2) is 96.6 Å². The Morgan fingerprint density at radius 3 is 2.31 bits per heavy atom. The highest BCUT2D eigenvalue weighted by atomic mass is 32.2. The quantitative estimate of drug-likeness (QED) is 0.326. The summed E-state index contributed by atoms with van der Waals surface area (Å²) in [6.45, 7) is 0.833. The number of fused-ring (bicyclic) bond motifs is 1. The fourth-order valence-corrected chi connectivity index (χ4v) is 8.29. The largest absolute Gasteiger partial charge is 0.376 e. The Balaban J connectivity index is 0.998. The second-order valence-corrected chi connectivity index (χ2v) is 14.7. The average Bonchev–Trinajstić information content (AvgIpc) is 3.41. The molecule has 6 rings (SSSR count). The van der Waals surface area contributed by atoms with Gasteiger partial charge in [-0.3, -0.25) is 34.1 Å². The highest BCUT2D eigenvalue weighted by molar-refractivity contribution is 7.88. The lowest BCUT2D eigenvalue weighted by Crippen LogP contribution is -2.52. The summed E-state index contributed by atoms with van der Waals surface area (Å²) >= 11 is 0. The second kappa shape index (κ2) is 14.0. The SMILES string of the molecule is O=C1CCN(S(=O)(=O)Cc2cccc(NC(=O)C3CCN(C(=O)CNc4cccc5c4CN(C4CCC(=O)NC4=O)C5=O)CC3)c2F)CC1. The summed E-state index contributed by atoms with van der Waals surface area (Å²) in [6, 6.07) is 8.55. The minimum absolute atomic E-state index is 0.00962. The molecule has 49 heavy (non-hydrogen) atoms. The fourth-order valence-electron chi connectivity index (χ4n) is 6.75. The van der Waals surface area contributed by atoms with E-state index in [1.54, 1.807) is 23.1 Å². The van der Waals surface area contributed by atoms with Crippen LogP contribution in [0.4, 0.5) is 15.8 Å². The van der Waals surface area contributed by atoms with Gasteiger partial charge in [-0.05, 0) is 37.5 Å². The number of ketones is 1. The third kappa shape index (κ3) is 7.34. The van der Waals surface area contributed by atoms with Crippen LogP contribution in [-0.2, 0) is 46.3 Å². The van der Waals surface area contributed by atoms with Gasteiger partial charge in [-0.25, -0.2) is 17.1 Å². The van der Waals surface area contributed by atoms with Crippen LogP contribution in [0.15, 0.2) is 36.4 Å². The van der Waals surface area contributed by atoms with Gasteiger partial charge in [0.05, 0.1) is 18.0 Å². The van der Waals surface area contributed by atoms with Crippen LogP contribution >= 0.6 is 0 Å². The van der Waals surface area contributed by atoms with Gasteiger partial charge in [-0.15, -0.1) is 0 Å². The zero-order valence-electron chi connectivity index (χ0n) is 26.7. The smallest absolute Gasteiger partial charge is 0.255 e. The Bertz CT molecular complexity index is 1820. The maximum atomic E-state index is 15.3. The number of carbonyl (C=O) groups excluding carboxylic acids is 6. The van der Waals surface area contributed by atoms with Crippen molar-refractivity contribution >= 4 is 56.7 Å². The first-order valence-electron chi connectivity index (χ1n) is 16.3. The lowest BCUT2D eigenvalue weighted by molar-refractivity contribution is -0.137. The van der Waals surface area contributed by atoms with Crippen molar-refractivity contribution in [2.75, 3.05) is 43.4 Å². The van der Waals surface area contributed by atoms with Crippen molar-refractivity contribution in [2.24, 2.45) is 5.92 Å². The van der Waals surface area contributed by atoms with E-state index in [0.717, 1.165) is 0 Å². The molecule has 1 atom stereocenters. The first-order chi connectivity index (χ1) is 23.4. The van der Waals surface area contributed by atoms with Crippen molar-refractivity contribution < 1.29 is 41.6 Å². The molecule has 260 valence electrons. The molecule has 14 nitrogen and oxygen atoms in total. The summed E-state index contributed by atoms with van der Waals surface area (Å²) in [5.41, 5.74) is 1.47. The molecule has 0 radical (unpaired) electrons. The average molecular weight is 697 g/mol. The number of rotatable bonds is 9. The van der Waals surface area contributed by atoms with Crippen LogP contribution in [0.25, 0.3) is 0 Å². The van der Waals surface area contributed by atoms with Gasteiger partial charge in [-0.2, -0.15) is 0 Å². The van der Waals surface area contributed by atoms with Crippen LogP contribution in [0.1, 0.15) is 60.0 Å². The molecule has 1 unspecified atom stereocenters. The van der Waals surface area contributed by atoms with Crippen LogP contribution in [0.5, 0.6) is 0 Å². The number of likely N-dealkylation sites (tertiary alicyclic amines) is 1. The number of halogens is 1. The molecule has 3 N–H and O–H groups in total. The number of anilines is 2. The monoisotopic (exact) mass is 696 g/mol. The number of Topliss-reactive ketones (excluding diaryl/α,β-unsaturated/α-hetero) is 1. The summed E-state index contributed by atoms with van der Waals surface area (Å²) in [6.07, 6.45) is 1.34.